The van der Waals surface area contributed by atoms with E-state index in [1.807, 2.05) is 24.3 Å². The Kier molecular flexibility index (Phi) is 3.48. The first-order valence-electron chi connectivity index (χ1n) is 7.73. The zero-order chi connectivity index (χ0) is 17.6. The number of hydrogen-bond acceptors (Lipinski definition) is 6. The van der Waals surface area contributed by atoms with Crippen molar-refractivity contribution in [3.63, 3.8) is 0 Å². The topological polar surface area (TPSA) is 96.2 Å². The van der Waals surface area contributed by atoms with Gasteiger partial charge in [0.25, 0.3) is 0 Å². The molecule has 3 aromatic heterocycles. The second kappa shape index (κ2) is 5.69. The van der Waals surface area contributed by atoms with Crippen LogP contribution in [-0.2, 0) is 6.54 Å². The first-order chi connectivity index (χ1) is 12.1. The minimum Gasteiger partial charge on any atom is -0.479 e. The fourth-order valence-corrected chi connectivity index (χ4v) is 2.89. The number of ether oxygens (including phenoxy) is 1. The molecule has 0 spiro atoms. The molecule has 2 N–H and O–H groups in total. The van der Waals surface area contributed by atoms with Crippen LogP contribution < -0.4 is 10.5 Å². The molecule has 25 heavy (non-hydrogen) atoms. The number of rotatable bonds is 4. The van der Waals surface area contributed by atoms with Crippen LogP contribution in [0.4, 0.5) is 10.3 Å². The third-order valence-corrected chi connectivity index (χ3v) is 3.94. The van der Waals surface area contributed by atoms with E-state index in [0.29, 0.717) is 16.9 Å². The fourth-order valence-electron chi connectivity index (χ4n) is 2.89. The first-order valence-corrected chi connectivity index (χ1v) is 7.73. The molecule has 0 radical (unpaired) electrons. The molecule has 0 saturated heterocycles. The number of halogens is 1. The van der Waals surface area contributed by atoms with Gasteiger partial charge in [-0.15, -0.1) is 10.2 Å². The highest BCUT2D eigenvalue weighted by molar-refractivity contribution is 5.89. The highest BCUT2D eigenvalue weighted by atomic mass is 19.1. The normalized spacial score (nSPS) is 12.8. The molecule has 0 unspecified atom stereocenters. The Balaban J connectivity index is 1.91. The average Bonchev–Trinajstić information content (AvgIpc) is 3.17. The molecule has 9 heteroatoms. The maximum absolute atomic E-state index is 13.4. The molecule has 1 aromatic carbocycles. The summed E-state index contributed by atoms with van der Waals surface area (Å²) in [5.41, 5.74) is 9.64. The highest BCUT2D eigenvalue weighted by Crippen LogP contribution is 2.32. The van der Waals surface area contributed by atoms with Gasteiger partial charge in [0, 0.05) is 11.8 Å². The first kappa shape index (κ1) is 15.3. The smallest absolute Gasteiger partial charge is 0.243 e. The highest BCUT2D eigenvalue weighted by Gasteiger charge is 2.16. The van der Waals surface area contributed by atoms with Crippen molar-refractivity contribution in [3.8, 4) is 17.0 Å². The van der Waals surface area contributed by atoms with E-state index in [9.17, 15) is 4.39 Å². The largest absolute Gasteiger partial charge is 0.479 e. The lowest BCUT2D eigenvalue weighted by Crippen LogP contribution is -2.09. The predicted octanol–water partition coefficient (Wildman–Crippen LogP) is 2.09. The molecule has 0 amide bonds. The van der Waals surface area contributed by atoms with Crippen molar-refractivity contribution >= 4 is 22.5 Å². The number of fused-ring (bicyclic) bond motifs is 2. The van der Waals surface area contributed by atoms with Crippen molar-refractivity contribution < 1.29 is 9.13 Å². The van der Waals surface area contributed by atoms with Crippen LogP contribution in [0.3, 0.4) is 0 Å². The average molecular weight is 341 g/mol. The van der Waals surface area contributed by atoms with Gasteiger partial charge >= 0.3 is 0 Å². The number of nitrogens with two attached hydrogens (primary N) is 1. The van der Waals surface area contributed by atoms with Crippen LogP contribution in [0, 0.1) is 0 Å². The van der Waals surface area contributed by atoms with Gasteiger partial charge in [-0.1, -0.05) is 11.3 Å². The summed E-state index contributed by atoms with van der Waals surface area (Å²) >= 11 is 0. The summed E-state index contributed by atoms with van der Waals surface area (Å²) in [5, 5.41) is 12.3. The lowest BCUT2D eigenvalue weighted by atomic mass is 10.1. The van der Waals surface area contributed by atoms with Crippen molar-refractivity contribution in [3.05, 3.63) is 30.5 Å². The summed E-state index contributed by atoms with van der Waals surface area (Å²) in [7, 11) is 1.53. The van der Waals surface area contributed by atoms with Gasteiger partial charge in [-0.25, -0.2) is 13.6 Å². The van der Waals surface area contributed by atoms with E-state index in [1.54, 1.807) is 15.4 Å². The second-order valence-corrected chi connectivity index (χ2v) is 5.76. The molecule has 128 valence electrons. The molecule has 4 aromatic rings. The van der Waals surface area contributed by atoms with E-state index >= 15 is 0 Å². The molecular weight excluding hydrogens is 325 g/mol. The molecule has 0 bridgehead atoms. The van der Waals surface area contributed by atoms with Gasteiger partial charge in [0.15, 0.2) is 0 Å². The summed E-state index contributed by atoms with van der Waals surface area (Å²) in [6.07, 6.45) is 0.773. The Labute approximate surface area is 142 Å². The summed E-state index contributed by atoms with van der Waals surface area (Å²) in [6.45, 7) is 1.64. The molecule has 0 aliphatic heterocycles. The second-order valence-electron chi connectivity index (χ2n) is 5.76. The number of anilines is 1. The molecule has 3 heterocycles. The molecular formula is C16H16FN7O. The Morgan fingerprint density at radius 3 is 2.92 bits per heavy atom. The predicted molar refractivity (Wildman–Crippen MR) is 91.0 cm³/mol. The van der Waals surface area contributed by atoms with E-state index in [4.69, 9.17) is 10.5 Å². The van der Waals surface area contributed by atoms with Crippen molar-refractivity contribution in [1.82, 2.24) is 29.6 Å². The molecule has 1 atom stereocenters. The monoisotopic (exact) mass is 341 g/mol. The van der Waals surface area contributed by atoms with Crippen molar-refractivity contribution in [2.75, 3.05) is 12.8 Å². The standard InChI is InChI=1S/C16H16FN7O/c1-9(17)8-24-13-7-10(3-4-12(13)20-22-24)11-5-6-23-14(11)15(25-2)19-16(18)21-23/h3-7,9H,8H2,1-2H3,(H2,18,21)/t9-/m0/s1. The number of benzene rings is 1. The van der Waals surface area contributed by atoms with Crippen molar-refractivity contribution in [2.24, 2.45) is 0 Å². The fraction of sp³-hybridized carbons (Fsp3) is 0.250. The van der Waals surface area contributed by atoms with Crippen LogP contribution in [0.5, 0.6) is 5.88 Å². The van der Waals surface area contributed by atoms with Gasteiger partial charge in [-0.05, 0) is 30.7 Å². The van der Waals surface area contributed by atoms with Crippen molar-refractivity contribution in [1.29, 1.82) is 0 Å². The van der Waals surface area contributed by atoms with Crippen molar-refractivity contribution in [2.45, 2.75) is 19.6 Å². The molecule has 8 nitrogen and oxygen atoms in total. The van der Waals surface area contributed by atoms with Crippen LogP contribution in [0.1, 0.15) is 6.92 Å². The number of nitrogens with zero attached hydrogens (tertiary/aromatic N) is 6. The summed E-state index contributed by atoms with van der Waals surface area (Å²) < 4.78 is 21.9. The Morgan fingerprint density at radius 1 is 1.32 bits per heavy atom. The summed E-state index contributed by atoms with van der Waals surface area (Å²) in [5.74, 6) is 0.512. The van der Waals surface area contributed by atoms with E-state index in [1.165, 1.54) is 14.0 Å². The quantitative estimate of drug-likeness (QED) is 0.610. The van der Waals surface area contributed by atoms with Crippen LogP contribution in [0.15, 0.2) is 30.5 Å². The Morgan fingerprint density at radius 2 is 2.16 bits per heavy atom. The van der Waals surface area contributed by atoms with Gasteiger partial charge in [0.2, 0.25) is 11.8 Å². The third kappa shape index (κ3) is 2.53. The number of aromatic nitrogens is 6. The van der Waals surface area contributed by atoms with Gasteiger partial charge in [0.05, 0.1) is 19.2 Å². The van der Waals surface area contributed by atoms with Crippen LogP contribution >= 0.6 is 0 Å². The Hall–Kier alpha value is -3.23. The zero-order valence-corrected chi connectivity index (χ0v) is 13.7. The van der Waals surface area contributed by atoms with Gasteiger partial charge in [-0.2, -0.15) is 4.98 Å². The minimum absolute atomic E-state index is 0.126. The lowest BCUT2D eigenvalue weighted by molar-refractivity contribution is 0.310. The van der Waals surface area contributed by atoms with Crippen LogP contribution in [0.2, 0.25) is 0 Å². The third-order valence-electron chi connectivity index (χ3n) is 3.94. The Bertz CT molecular complexity index is 1070. The molecule has 0 fully saturated rings. The number of hydrogen-bond donors (Lipinski definition) is 1. The van der Waals surface area contributed by atoms with Gasteiger partial charge < -0.3 is 10.5 Å². The molecule has 0 saturated carbocycles. The maximum Gasteiger partial charge on any atom is 0.243 e. The van der Waals surface area contributed by atoms with Crippen LogP contribution in [0.25, 0.3) is 27.7 Å². The number of nitrogen functional groups attached to an aromatic ring is 1. The maximum atomic E-state index is 13.4. The molecule has 4 rings (SSSR count). The molecule has 0 aliphatic rings. The number of methoxy groups -OCH3 is 1. The van der Waals surface area contributed by atoms with Gasteiger partial charge in [-0.3, -0.25) is 0 Å². The molecule has 0 aliphatic carbocycles. The minimum atomic E-state index is -1.01. The van der Waals surface area contributed by atoms with E-state index < -0.39 is 6.17 Å². The number of alkyl halides is 1. The summed E-state index contributed by atoms with van der Waals surface area (Å²) in [4.78, 5) is 4.13. The van der Waals surface area contributed by atoms with Gasteiger partial charge in [0.1, 0.15) is 17.2 Å². The van der Waals surface area contributed by atoms with Crippen LogP contribution in [-0.4, -0.2) is 42.9 Å². The van der Waals surface area contributed by atoms with E-state index in [-0.39, 0.29) is 12.5 Å². The lowest BCUT2D eigenvalue weighted by Gasteiger charge is -2.07. The van der Waals surface area contributed by atoms with E-state index in [0.717, 1.165) is 16.6 Å². The SMILES string of the molecule is COc1nc(N)nn2ccc(-c3ccc4nnn(C[C@H](C)F)c4c3)c12. The van der Waals surface area contributed by atoms with E-state index in [2.05, 4.69) is 20.4 Å². The zero-order valence-electron chi connectivity index (χ0n) is 13.7. The summed E-state index contributed by atoms with van der Waals surface area (Å²) in [6, 6.07) is 7.60.